The van der Waals surface area contributed by atoms with Crippen LogP contribution < -0.4 is 0 Å². The van der Waals surface area contributed by atoms with E-state index in [9.17, 15) is 8.42 Å². The van der Waals surface area contributed by atoms with Crippen molar-refractivity contribution in [3.8, 4) is 10.4 Å². The second-order valence-corrected chi connectivity index (χ2v) is 10.5. The molecule has 1 saturated heterocycles. The Kier molecular flexibility index (Phi) is 3.96. The molecule has 0 N–H and O–H groups in total. The molecule has 2 aromatic heterocycles. The quantitative estimate of drug-likeness (QED) is 0.674. The Morgan fingerprint density at radius 3 is 2.81 bits per heavy atom. The van der Waals surface area contributed by atoms with Gasteiger partial charge in [0.25, 0.3) is 0 Å². The van der Waals surface area contributed by atoms with Crippen molar-refractivity contribution in [2.24, 2.45) is 0 Å². The lowest BCUT2D eigenvalue weighted by atomic mass is 9.96. The van der Waals surface area contributed by atoms with Gasteiger partial charge in [0.2, 0.25) is 0 Å². The van der Waals surface area contributed by atoms with Crippen LogP contribution in [0.2, 0.25) is 0 Å². The fourth-order valence-corrected chi connectivity index (χ4v) is 7.29. The van der Waals surface area contributed by atoms with Gasteiger partial charge in [-0.15, -0.1) is 11.3 Å². The summed E-state index contributed by atoms with van der Waals surface area (Å²) < 4.78 is 26.2. The number of aromatic nitrogens is 1. The summed E-state index contributed by atoms with van der Waals surface area (Å²) in [6.45, 7) is 4.02. The predicted octanol–water partition coefficient (Wildman–Crippen LogP) is 3.87. The zero-order chi connectivity index (χ0) is 18.6. The number of thiophene rings is 1. The average Bonchev–Trinajstić information content (AvgIpc) is 3.34. The van der Waals surface area contributed by atoms with E-state index in [4.69, 9.17) is 0 Å². The van der Waals surface area contributed by atoms with E-state index in [1.54, 1.807) is 11.3 Å². The molecular formula is C21H20N2O2S2. The van der Waals surface area contributed by atoms with Crippen molar-refractivity contribution in [3.05, 3.63) is 70.9 Å². The second-order valence-electron chi connectivity index (χ2n) is 7.38. The first-order valence-electron chi connectivity index (χ1n) is 9.09. The molecule has 6 heteroatoms. The Bertz CT molecular complexity index is 1110. The number of likely N-dealkylation sites (tertiary alicyclic amines) is 1. The largest absolute Gasteiger partial charge is 0.296 e. The lowest BCUT2D eigenvalue weighted by Gasteiger charge is -2.17. The monoisotopic (exact) mass is 396 g/mol. The fourth-order valence-electron chi connectivity index (χ4n) is 4.37. The van der Waals surface area contributed by atoms with Gasteiger partial charge in [0.1, 0.15) is 0 Å². The summed E-state index contributed by atoms with van der Waals surface area (Å²) in [7, 11) is -3.26. The molecule has 2 aliphatic heterocycles. The van der Waals surface area contributed by atoms with Crippen LogP contribution in [0.1, 0.15) is 22.9 Å². The van der Waals surface area contributed by atoms with Crippen molar-refractivity contribution in [2.75, 3.05) is 13.1 Å². The normalized spacial score (nSPS) is 23.3. The van der Waals surface area contributed by atoms with Crippen molar-refractivity contribution < 1.29 is 8.42 Å². The van der Waals surface area contributed by atoms with Crippen molar-refractivity contribution in [1.82, 2.24) is 9.88 Å². The molecule has 0 saturated carbocycles. The molecule has 2 aliphatic rings. The van der Waals surface area contributed by atoms with E-state index in [1.165, 1.54) is 4.88 Å². The van der Waals surface area contributed by atoms with Crippen LogP contribution in [-0.2, 0) is 16.4 Å². The Hall–Kier alpha value is -2.02. The third-order valence-corrected chi connectivity index (χ3v) is 8.77. The Morgan fingerprint density at radius 1 is 1.15 bits per heavy atom. The van der Waals surface area contributed by atoms with Crippen LogP contribution in [0.5, 0.6) is 0 Å². The molecule has 0 bridgehead atoms. The number of sulfone groups is 1. The highest BCUT2D eigenvalue weighted by Crippen LogP contribution is 2.46. The summed E-state index contributed by atoms with van der Waals surface area (Å²) in [6.07, 6.45) is 0. The van der Waals surface area contributed by atoms with Crippen molar-refractivity contribution in [3.63, 3.8) is 0 Å². The van der Waals surface area contributed by atoms with E-state index in [0.29, 0.717) is 18.0 Å². The molecule has 4 nitrogen and oxygen atoms in total. The lowest BCUT2D eigenvalue weighted by Crippen LogP contribution is -2.26. The topological polar surface area (TPSA) is 50.3 Å². The summed E-state index contributed by atoms with van der Waals surface area (Å²) in [6, 6.07) is 16.0. The maximum Gasteiger partial charge on any atom is 0.183 e. The lowest BCUT2D eigenvalue weighted by molar-refractivity contribution is 0.321. The minimum atomic E-state index is -3.26. The van der Waals surface area contributed by atoms with E-state index in [1.807, 2.05) is 48.7 Å². The smallest absolute Gasteiger partial charge is 0.183 e. The Morgan fingerprint density at radius 2 is 2.04 bits per heavy atom. The van der Waals surface area contributed by atoms with Crippen molar-refractivity contribution in [2.45, 2.75) is 29.5 Å². The molecule has 3 aromatic rings. The van der Waals surface area contributed by atoms with Crippen LogP contribution in [0.15, 0.2) is 58.8 Å². The van der Waals surface area contributed by atoms with Crippen LogP contribution in [-0.4, -0.2) is 36.6 Å². The van der Waals surface area contributed by atoms with E-state index in [0.717, 1.165) is 29.1 Å². The summed E-state index contributed by atoms with van der Waals surface area (Å²) in [5.41, 5.74) is 4.09. The number of rotatable bonds is 3. The second kappa shape index (κ2) is 6.26. The first kappa shape index (κ1) is 17.1. The molecule has 0 spiro atoms. The van der Waals surface area contributed by atoms with E-state index in [-0.39, 0.29) is 11.2 Å². The van der Waals surface area contributed by atoms with Crippen LogP contribution in [0.4, 0.5) is 0 Å². The third kappa shape index (κ3) is 2.83. The highest BCUT2D eigenvalue weighted by molar-refractivity contribution is 7.92. The molecule has 27 heavy (non-hydrogen) atoms. The van der Waals surface area contributed by atoms with Crippen LogP contribution >= 0.6 is 11.3 Å². The number of nitrogens with zero attached hydrogens (tertiary/aromatic N) is 2. The molecule has 1 fully saturated rings. The Labute approximate surface area is 163 Å². The van der Waals surface area contributed by atoms with Gasteiger partial charge in [0, 0.05) is 36.1 Å². The van der Waals surface area contributed by atoms with Crippen LogP contribution in [0.3, 0.4) is 0 Å². The molecule has 4 heterocycles. The van der Waals surface area contributed by atoms with Crippen molar-refractivity contribution in [1.29, 1.82) is 0 Å². The minimum Gasteiger partial charge on any atom is -0.296 e. The Balaban J connectivity index is 1.47. The molecule has 2 atom stereocenters. The highest BCUT2D eigenvalue weighted by atomic mass is 32.2. The standard InChI is InChI=1S/C21H20N2O2S2/c1-14-4-2-5-16(22-14)11-23-12-18-17-10-15(19-6-3-9-26-19)7-8-20(17)27(24,25)21(18)13-23/h2-10,18,21H,11-13H2,1H3. The molecule has 5 rings (SSSR count). The molecule has 138 valence electrons. The van der Waals surface area contributed by atoms with Gasteiger partial charge < -0.3 is 0 Å². The molecule has 0 amide bonds. The fraction of sp³-hybridized carbons (Fsp3) is 0.286. The molecule has 2 unspecified atom stereocenters. The third-order valence-electron chi connectivity index (χ3n) is 5.59. The van der Waals surface area contributed by atoms with Gasteiger partial charge in [-0.05, 0) is 53.8 Å². The SMILES string of the molecule is Cc1cccc(CN2CC3c4cc(-c5cccs5)ccc4S(=O)(=O)C3C2)n1. The maximum absolute atomic E-state index is 13.1. The van der Waals surface area contributed by atoms with E-state index >= 15 is 0 Å². The summed E-state index contributed by atoms with van der Waals surface area (Å²) in [4.78, 5) is 8.51. The number of pyridine rings is 1. The van der Waals surface area contributed by atoms with Gasteiger partial charge >= 0.3 is 0 Å². The molecule has 0 aliphatic carbocycles. The number of fused-ring (bicyclic) bond motifs is 3. The maximum atomic E-state index is 13.1. The molecule has 1 aromatic carbocycles. The van der Waals surface area contributed by atoms with Gasteiger partial charge in [-0.3, -0.25) is 9.88 Å². The average molecular weight is 397 g/mol. The van der Waals surface area contributed by atoms with E-state index < -0.39 is 9.84 Å². The predicted molar refractivity (Wildman–Crippen MR) is 108 cm³/mol. The van der Waals surface area contributed by atoms with Gasteiger partial charge in [0.15, 0.2) is 9.84 Å². The van der Waals surface area contributed by atoms with Gasteiger partial charge in [-0.25, -0.2) is 8.42 Å². The molecule has 0 radical (unpaired) electrons. The number of hydrogen-bond acceptors (Lipinski definition) is 5. The van der Waals surface area contributed by atoms with Crippen LogP contribution in [0, 0.1) is 6.92 Å². The zero-order valence-electron chi connectivity index (χ0n) is 15.0. The number of aryl methyl sites for hydroxylation is 1. The number of hydrogen-bond donors (Lipinski definition) is 0. The summed E-state index contributed by atoms with van der Waals surface area (Å²) >= 11 is 1.68. The van der Waals surface area contributed by atoms with Crippen molar-refractivity contribution >= 4 is 21.2 Å². The minimum absolute atomic E-state index is 0.0507. The molecular weight excluding hydrogens is 376 g/mol. The first-order valence-corrected chi connectivity index (χ1v) is 11.5. The van der Waals surface area contributed by atoms with Crippen LogP contribution in [0.25, 0.3) is 10.4 Å². The van der Waals surface area contributed by atoms with E-state index in [2.05, 4.69) is 22.0 Å². The first-order chi connectivity index (χ1) is 13.0. The van der Waals surface area contributed by atoms with Gasteiger partial charge in [-0.2, -0.15) is 0 Å². The summed E-state index contributed by atoms with van der Waals surface area (Å²) in [5, 5.41) is 1.71. The highest BCUT2D eigenvalue weighted by Gasteiger charge is 2.50. The number of benzene rings is 1. The van der Waals surface area contributed by atoms with Gasteiger partial charge in [0.05, 0.1) is 15.8 Å². The summed E-state index contributed by atoms with van der Waals surface area (Å²) in [5.74, 6) is 0.0507. The van der Waals surface area contributed by atoms with Gasteiger partial charge in [-0.1, -0.05) is 18.2 Å². The zero-order valence-corrected chi connectivity index (χ0v) is 16.6.